The van der Waals surface area contributed by atoms with Gasteiger partial charge in [0.25, 0.3) is 0 Å². The van der Waals surface area contributed by atoms with Gasteiger partial charge < -0.3 is 5.32 Å². The van der Waals surface area contributed by atoms with Crippen LogP contribution >= 0.6 is 15.9 Å². The van der Waals surface area contributed by atoms with E-state index >= 15 is 0 Å². The summed E-state index contributed by atoms with van der Waals surface area (Å²) < 4.78 is 0. The molecule has 0 aromatic carbocycles. The Bertz CT molecular complexity index is 424. The minimum atomic E-state index is 0.139. The van der Waals surface area contributed by atoms with Crippen LogP contribution in [-0.2, 0) is 4.79 Å². The fraction of sp³-hybridized carbons (Fsp3) is 0.609. The van der Waals surface area contributed by atoms with Crippen molar-refractivity contribution >= 4 is 21.8 Å². The second-order valence-corrected chi connectivity index (χ2v) is 7.17. The monoisotopic (exact) mass is 423 g/mol. The molecule has 0 aromatic rings. The van der Waals surface area contributed by atoms with Gasteiger partial charge in [0, 0.05) is 18.3 Å². The van der Waals surface area contributed by atoms with E-state index in [-0.39, 0.29) is 5.91 Å². The Morgan fingerprint density at radius 1 is 0.769 bits per heavy atom. The predicted octanol–water partition coefficient (Wildman–Crippen LogP) is 7.03. The summed E-state index contributed by atoms with van der Waals surface area (Å²) in [7, 11) is 0. The van der Waals surface area contributed by atoms with Crippen LogP contribution < -0.4 is 5.32 Å². The fourth-order valence-electron chi connectivity index (χ4n) is 2.35. The molecule has 0 aliphatic heterocycles. The molecule has 0 saturated carbocycles. The molecule has 0 atom stereocenters. The Morgan fingerprint density at radius 3 is 1.77 bits per heavy atom. The summed E-state index contributed by atoms with van der Waals surface area (Å²) >= 11 is 3.26. The van der Waals surface area contributed by atoms with E-state index in [4.69, 9.17) is 0 Å². The van der Waals surface area contributed by atoms with Gasteiger partial charge in [0.2, 0.25) is 5.91 Å². The van der Waals surface area contributed by atoms with Crippen molar-refractivity contribution in [2.24, 2.45) is 0 Å². The van der Waals surface area contributed by atoms with Gasteiger partial charge in [0.1, 0.15) is 0 Å². The molecule has 0 rings (SSSR count). The summed E-state index contributed by atoms with van der Waals surface area (Å²) in [5.74, 6) is 0.139. The van der Waals surface area contributed by atoms with Crippen LogP contribution in [0.3, 0.4) is 0 Å². The molecule has 1 amide bonds. The Hall–Kier alpha value is -1.09. The lowest BCUT2D eigenvalue weighted by Gasteiger charge is -2.02. The standard InChI is InChI=1S/C23H38BrNO/c1-2-3-4-5-6-7-8-9-10-11-12-13-14-15-16-17-18-19-22-25-23(26)20-21-24/h6-7,9-10,12-13,15-16H,2-5,8,11,14,17-22H2,1H3,(H,25,26)/b7-6-,10-9-,13-12-,16-15-. The highest BCUT2D eigenvalue weighted by Crippen LogP contribution is 2.01. The van der Waals surface area contributed by atoms with Gasteiger partial charge in [0.05, 0.1) is 0 Å². The second-order valence-electron chi connectivity index (χ2n) is 6.37. The number of amides is 1. The van der Waals surface area contributed by atoms with Crippen molar-refractivity contribution in [1.29, 1.82) is 0 Å². The first kappa shape index (κ1) is 24.9. The van der Waals surface area contributed by atoms with Gasteiger partial charge in [-0.2, -0.15) is 0 Å². The third-order valence-electron chi connectivity index (χ3n) is 3.90. The maximum absolute atomic E-state index is 11.3. The first-order valence-corrected chi connectivity index (χ1v) is 11.4. The average Bonchev–Trinajstić information content (AvgIpc) is 2.64. The van der Waals surface area contributed by atoms with Crippen molar-refractivity contribution in [1.82, 2.24) is 5.32 Å². The lowest BCUT2D eigenvalue weighted by Crippen LogP contribution is -2.24. The maximum atomic E-state index is 11.3. The normalized spacial score (nSPS) is 12.2. The quantitative estimate of drug-likeness (QED) is 0.152. The fourth-order valence-corrected chi connectivity index (χ4v) is 2.71. The van der Waals surface area contributed by atoms with Gasteiger partial charge in [-0.05, 0) is 51.4 Å². The first-order valence-electron chi connectivity index (χ1n) is 10.2. The molecule has 2 nitrogen and oxygen atoms in total. The molecule has 0 saturated heterocycles. The maximum Gasteiger partial charge on any atom is 0.220 e. The zero-order valence-electron chi connectivity index (χ0n) is 16.6. The van der Waals surface area contributed by atoms with Crippen LogP contribution in [0.15, 0.2) is 48.6 Å². The van der Waals surface area contributed by atoms with E-state index in [0.717, 1.165) is 50.4 Å². The van der Waals surface area contributed by atoms with Gasteiger partial charge in [0.15, 0.2) is 0 Å². The van der Waals surface area contributed by atoms with Crippen molar-refractivity contribution in [2.75, 3.05) is 11.9 Å². The minimum Gasteiger partial charge on any atom is -0.356 e. The molecule has 26 heavy (non-hydrogen) atoms. The number of hydrogen-bond acceptors (Lipinski definition) is 1. The zero-order chi connectivity index (χ0) is 19.1. The molecular weight excluding hydrogens is 386 g/mol. The predicted molar refractivity (Wildman–Crippen MR) is 120 cm³/mol. The van der Waals surface area contributed by atoms with Crippen LogP contribution in [0.25, 0.3) is 0 Å². The van der Waals surface area contributed by atoms with Crippen molar-refractivity contribution in [3.8, 4) is 0 Å². The number of nitrogens with one attached hydrogen (secondary N) is 1. The highest BCUT2D eigenvalue weighted by Gasteiger charge is 1.97. The smallest absolute Gasteiger partial charge is 0.220 e. The molecule has 1 N–H and O–H groups in total. The molecule has 0 aromatic heterocycles. The molecular formula is C23H38BrNO. The second kappa shape index (κ2) is 22.0. The van der Waals surface area contributed by atoms with Crippen molar-refractivity contribution in [3.63, 3.8) is 0 Å². The van der Waals surface area contributed by atoms with E-state index < -0.39 is 0 Å². The Morgan fingerprint density at radius 2 is 1.27 bits per heavy atom. The third-order valence-corrected chi connectivity index (χ3v) is 4.30. The summed E-state index contributed by atoms with van der Waals surface area (Å²) in [5, 5.41) is 3.66. The van der Waals surface area contributed by atoms with Crippen molar-refractivity contribution in [2.45, 2.75) is 77.6 Å². The molecule has 0 aliphatic rings. The molecule has 0 unspecified atom stereocenters. The number of halogens is 1. The van der Waals surface area contributed by atoms with E-state index in [2.05, 4.69) is 76.8 Å². The molecule has 0 spiro atoms. The summed E-state index contributed by atoms with van der Waals surface area (Å²) in [6, 6.07) is 0. The van der Waals surface area contributed by atoms with Gasteiger partial charge in [-0.15, -0.1) is 0 Å². The first-order chi connectivity index (χ1) is 12.8. The number of hydrogen-bond donors (Lipinski definition) is 1. The Kier molecular flexibility index (Phi) is 21.0. The number of carbonyl (C=O) groups excluding carboxylic acids is 1. The van der Waals surface area contributed by atoms with Gasteiger partial charge >= 0.3 is 0 Å². The molecule has 0 aliphatic carbocycles. The van der Waals surface area contributed by atoms with Crippen LogP contribution in [0, 0.1) is 0 Å². The largest absolute Gasteiger partial charge is 0.356 e. The van der Waals surface area contributed by atoms with E-state index in [9.17, 15) is 4.79 Å². The minimum absolute atomic E-state index is 0.139. The molecule has 0 heterocycles. The number of unbranched alkanes of at least 4 members (excludes halogenated alkanes) is 5. The highest BCUT2D eigenvalue weighted by molar-refractivity contribution is 9.09. The van der Waals surface area contributed by atoms with Crippen LogP contribution in [-0.4, -0.2) is 17.8 Å². The van der Waals surface area contributed by atoms with Gasteiger partial charge in [-0.1, -0.05) is 84.3 Å². The molecule has 0 radical (unpaired) electrons. The SMILES string of the molecule is CCCCC/C=C\C/C=C\C/C=C\C/C=C\CCCCNC(=O)CCBr. The topological polar surface area (TPSA) is 29.1 Å². The van der Waals surface area contributed by atoms with Gasteiger partial charge in [-0.3, -0.25) is 4.79 Å². The Labute approximate surface area is 170 Å². The van der Waals surface area contributed by atoms with Crippen LogP contribution in [0.2, 0.25) is 0 Å². The van der Waals surface area contributed by atoms with E-state index in [0.29, 0.717) is 6.42 Å². The number of rotatable bonds is 17. The van der Waals surface area contributed by atoms with Gasteiger partial charge in [-0.25, -0.2) is 0 Å². The average molecular weight is 424 g/mol. The van der Waals surface area contributed by atoms with Crippen LogP contribution in [0.5, 0.6) is 0 Å². The van der Waals surface area contributed by atoms with Crippen molar-refractivity contribution in [3.05, 3.63) is 48.6 Å². The molecule has 3 heteroatoms. The lowest BCUT2D eigenvalue weighted by atomic mass is 10.2. The summed E-state index contributed by atoms with van der Waals surface area (Å²) in [6.45, 7) is 3.03. The molecule has 0 bridgehead atoms. The van der Waals surface area contributed by atoms with Crippen LogP contribution in [0.4, 0.5) is 0 Å². The van der Waals surface area contributed by atoms with Crippen LogP contribution in [0.1, 0.15) is 77.6 Å². The summed E-state index contributed by atoms with van der Waals surface area (Å²) in [6.07, 6.45) is 30.1. The number of allylic oxidation sites excluding steroid dienone is 8. The summed E-state index contributed by atoms with van der Waals surface area (Å²) in [5.41, 5.74) is 0. The van der Waals surface area contributed by atoms with E-state index in [1.54, 1.807) is 0 Å². The molecule has 148 valence electrons. The summed E-state index contributed by atoms with van der Waals surface area (Å²) in [4.78, 5) is 11.3. The third kappa shape index (κ3) is 21.0. The zero-order valence-corrected chi connectivity index (χ0v) is 18.2. The number of alkyl halides is 1. The Balaban J connectivity index is 3.40. The highest BCUT2D eigenvalue weighted by atomic mass is 79.9. The van der Waals surface area contributed by atoms with Crippen molar-refractivity contribution < 1.29 is 4.79 Å². The van der Waals surface area contributed by atoms with E-state index in [1.807, 2.05) is 0 Å². The van der Waals surface area contributed by atoms with E-state index in [1.165, 1.54) is 25.7 Å². The lowest BCUT2D eigenvalue weighted by molar-refractivity contribution is -0.120. The number of carbonyl (C=O) groups is 1. The molecule has 0 fully saturated rings.